The molecule has 0 unspecified atom stereocenters. The van der Waals surface area contributed by atoms with Crippen molar-refractivity contribution >= 4 is 0 Å². The second-order valence-corrected chi connectivity index (χ2v) is 5.21. The van der Waals surface area contributed by atoms with Crippen molar-refractivity contribution < 1.29 is 4.74 Å². The van der Waals surface area contributed by atoms with Crippen LogP contribution in [-0.2, 0) is 13.1 Å². The molecular formula is C16H21N3O. The zero-order valence-corrected chi connectivity index (χ0v) is 12.1. The maximum atomic E-state index is 5.46. The van der Waals surface area contributed by atoms with Gasteiger partial charge in [-0.1, -0.05) is 0 Å². The van der Waals surface area contributed by atoms with Gasteiger partial charge in [0.15, 0.2) is 0 Å². The number of aromatic nitrogens is 2. The van der Waals surface area contributed by atoms with Crippen LogP contribution >= 0.6 is 0 Å². The van der Waals surface area contributed by atoms with Gasteiger partial charge in [0, 0.05) is 36.5 Å². The van der Waals surface area contributed by atoms with Crippen LogP contribution in [0, 0.1) is 0 Å². The quantitative estimate of drug-likeness (QED) is 0.878. The Hall–Kier alpha value is -1.81. The van der Waals surface area contributed by atoms with Crippen molar-refractivity contribution in [1.82, 2.24) is 15.1 Å². The van der Waals surface area contributed by atoms with Crippen molar-refractivity contribution in [1.29, 1.82) is 0 Å². The van der Waals surface area contributed by atoms with Crippen molar-refractivity contribution in [3.8, 4) is 17.0 Å². The molecule has 1 fully saturated rings. The van der Waals surface area contributed by atoms with E-state index in [0.717, 1.165) is 24.5 Å². The van der Waals surface area contributed by atoms with Crippen molar-refractivity contribution in [3.05, 3.63) is 36.0 Å². The van der Waals surface area contributed by atoms with Crippen LogP contribution in [0.15, 0.2) is 30.5 Å². The Labute approximate surface area is 119 Å². The van der Waals surface area contributed by atoms with Gasteiger partial charge in [0.2, 0.25) is 0 Å². The van der Waals surface area contributed by atoms with E-state index in [2.05, 4.69) is 35.5 Å². The molecule has 0 amide bonds. The Morgan fingerprint density at radius 3 is 2.90 bits per heavy atom. The van der Waals surface area contributed by atoms with Crippen LogP contribution in [-0.4, -0.2) is 22.9 Å². The summed E-state index contributed by atoms with van der Waals surface area (Å²) < 4.78 is 7.48. The Kier molecular flexibility index (Phi) is 3.74. The molecule has 0 spiro atoms. The van der Waals surface area contributed by atoms with Gasteiger partial charge in [-0.15, -0.1) is 0 Å². The number of benzene rings is 1. The lowest BCUT2D eigenvalue weighted by atomic mass is 10.1. The molecule has 0 atom stereocenters. The molecule has 1 aliphatic carbocycles. The smallest absolute Gasteiger partial charge is 0.123 e. The van der Waals surface area contributed by atoms with Crippen molar-refractivity contribution in [2.45, 2.75) is 38.9 Å². The van der Waals surface area contributed by atoms with Crippen LogP contribution in [0.4, 0.5) is 0 Å². The third kappa shape index (κ3) is 2.70. The van der Waals surface area contributed by atoms with E-state index < -0.39 is 0 Å². The molecular weight excluding hydrogens is 250 g/mol. The lowest BCUT2D eigenvalue weighted by molar-refractivity contribution is 0.407. The molecule has 1 N–H and O–H groups in total. The summed E-state index contributed by atoms with van der Waals surface area (Å²) in [6.45, 7) is 3.85. The predicted octanol–water partition coefficient (Wildman–Crippen LogP) is 2.83. The second-order valence-electron chi connectivity index (χ2n) is 5.21. The lowest BCUT2D eigenvalue weighted by Crippen LogP contribution is -2.16. The summed E-state index contributed by atoms with van der Waals surface area (Å²) in [5, 5.41) is 7.88. The average molecular weight is 271 g/mol. The molecule has 1 heterocycles. The molecule has 4 heteroatoms. The van der Waals surface area contributed by atoms with Crippen LogP contribution in [0.25, 0.3) is 11.3 Å². The van der Waals surface area contributed by atoms with E-state index in [1.54, 1.807) is 7.11 Å². The number of aryl methyl sites for hydroxylation is 1. The molecule has 3 rings (SSSR count). The van der Waals surface area contributed by atoms with Crippen LogP contribution in [0.3, 0.4) is 0 Å². The number of hydrogen-bond donors (Lipinski definition) is 1. The van der Waals surface area contributed by atoms with Gasteiger partial charge in [0.25, 0.3) is 0 Å². The van der Waals surface area contributed by atoms with Gasteiger partial charge >= 0.3 is 0 Å². The highest BCUT2D eigenvalue weighted by Gasteiger charge is 2.20. The van der Waals surface area contributed by atoms with Crippen molar-refractivity contribution in [2.24, 2.45) is 0 Å². The summed E-state index contributed by atoms with van der Waals surface area (Å²) in [4.78, 5) is 0. The van der Waals surface area contributed by atoms with E-state index in [-0.39, 0.29) is 0 Å². The monoisotopic (exact) mass is 271 g/mol. The fourth-order valence-corrected chi connectivity index (χ4v) is 2.45. The first kappa shape index (κ1) is 13.2. The van der Waals surface area contributed by atoms with E-state index in [9.17, 15) is 0 Å². The minimum atomic E-state index is 0.699. The minimum absolute atomic E-state index is 0.699. The molecule has 2 aromatic rings. The Bertz CT molecular complexity index is 587. The van der Waals surface area contributed by atoms with Gasteiger partial charge in [-0.2, -0.15) is 5.10 Å². The average Bonchev–Trinajstić information content (AvgIpc) is 3.19. The molecule has 0 bridgehead atoms. The SMILES string of the molecule is CCn1nccc1-c1ccc(OC)c(CNC2CC2)c1. The Morgan fingerprint density at radius 1 is 1.35 bits per heavy atom. The Morgan fingerprint density at radius 2 is 2.20 bits per heavy atom. The summed E-state index contributed by atoms with van der Waals surface area (Å²) in [6, 6.07) is 9.11. The van der Waals surface area contributed by atoms with E-state index >= 15 is 0 Å². The maximum Gasteiger partial charge on any atom is 0.123 e. The van der Waals surface area contributed by atoms with Gasteiger partial charge in [0.1, 0.15) is 5.75 Å². The molecule has 4 nitrogen and oxygen atoms in total. The standard InChI is InChI=1S/C16H21N3O/c1-3-19-15(8-9-18-19)12-4-7-16(20-2)13(10-12)11-17-14-5-6-14/h4,7-10,14,17H,3,5-6,11H2,1-2H3. The molecule has 0 aliphatic heterocycles. The van der Waals surface area contributed by atoms with E-state index in [4.69, 9.17) is 4.74 Å². The van der Waals surface area contributed by atoms with Gasteiger partial charge in [0.05, 0.1) is 12.8 Å². The fourth-order valence-electron chi connectivity index (χ4n) is 2.45. The van der Waals surface area contributed by atoms with Gasteiger partial charge in [-0.3, -0.25) is 4.68 Å². The zero-order chi connectivity index (χ0) is 13.9. The molecule has 106 valence electrons. The topological polar surface area (TPSA) is 39.1 Å². The Balaban J connectivity index is 1.89. The van der Waals surface area contributed by atoms with Crippen LogP contribution in [0.1, 0.15) is 25.3 Å². The van der Waals surface area contributed by atoms with Gasteiger partial charge < -0.3 is 10.1 Å². The van der Waals surface area contributed by atoms with Crippen molar-refractivity contribution in [2.75, 3.05) is 7.11 Å². The summed E-state index contributed by atoms with van der Waals surface area (Å²) in [6.07, 6.45) is 4.44. The first-order chi connectivity index (χ1) is 9.81. The molecule has 1 aliphatic rings. The summed E-state index contributed by atoms with van der Waals surface area (Å²) in [7, 11) is 1.73. The highest BCUT2D eigenvalue weighted by Crippen LogP contribution is 2.28. The molecule has 1 aromatic carbocycles. The number of hydrogen-bond acceptors (Lipinski definition) is 3. The second kappa shape index (κ2) is 5.67. The molecule has 20 heavy (non-hydrogen) atoms. The summed E-state index contributed by atoms with van der Waals surface area (Å²) in [5.41, 5.74) is 3.56. The fraction of sp³-hybridized carbons (Fsp3) is 0.438. The van der Waals surface area contributed by atoms with Crippen LogP contribution in [0.2, 0.25) is 0 Å². The largest absolute Gasteiger partial charge is 0.496 e. The molecule has 1 saturated carbocycles. The molecule has 1 aromatic heterocycles. The normalized spacial score (nSPS) is 14.5. The third-order valence-electron chi connectivity index (χ3n) is 3.75. The van der Waals surface area contributed by atoms with Gasteiger partial charge in [-0.05, 0) is 44.0 Å². The minimum Gasteiger partial charge on any atom is -0.496 e. The van der Waals surface area contributed by atoms with Crippen molar-refractivity contribution in [3.63, 3.8) is 0 Å². The summed E-state index contributed by atoms with van der Waals surface area (Å²) >= 11 is 0. The number of nitrogens with zero attached hydrogens (tertiary/aromatic N) is 2. The molecule has 0 saturated heterocycles. The zero-order valence-electron chi connectivity index (χ0n) is 12.1. The van der Waals surface area contributed by atoms with E-state index in [0.29, 0.717) is 6.04 Å². The highest BCUT2D eigenvalue weighted by molar-refractivity contribution is 5.62. The van der Waals surface area contributed by atoms with E-state index in [1.807, 2.05) is 16.9 Å². The van der Waals surface area contributed by atoms with Crippen LogP contribution < -0.4 is 10.1 Å². The number of methoxy groups -OCH3 is 1. The van der Waals surface area contributed by atoms with E-state index in [1.165, 1.54) is 24.0 Å². The maximum absolute atomic E-state index is 5.46. The lowest BCUT2D eigenvalue weighted by Gasteiger charge is -2.12. The molecule has 0 radical (unpaired) electrons. The summed E-state index contributed by atoms with van der Waals surface area (Å²) in [5.74, 6) is 0.949. The van der Waals surface area contributed by atoms with Gasteiger partial charge in [-0.25, -0.2) is 0 Å². The number of nitrogens with one attached hydrogen (secondary N) is 1. The first-order valence-corrected chi connectivity index (χ1v) is 7.24. The predicted molar refractivity (Wildman–Crippen MR) is 79.8 cm³/mol. The number of rotatable bonds is 6. The highest BCUT2D eigenvalue weighted by atomic mass is 16.5. The number of ether oxygens (including phenoxy) is 1. The first-order valence-electron chi connectivity index (χ1n) is 7.24. The third-order valence-corrected chi connectivity index (χ3v) is 3.75. The van der Waals surface area contributed by atoms with Crippen LogP contribution in [0.5, 0.6) is 5.75 Å².